The minimum atomic E-state index is 0.239. The van der Waals surface area contributed by atoms with Gasteiger partial charge in [0.05, 0.1) is 6.04 Å². The Morgan fingerprint density at radius 1 is 1.11 bits per heavy atom. The normalized spacial score (nSPS) is 12.8. The van der Waals surface area contributed by atoms with Gasteiger partial charge in [-0.15, -0.1) is 0 Å². The van der Waals surface area contributed by atoms with Gasteiger partial charge in [-0.2, -0.15) is 0 Å². The van der Waals surface area contributed by atoms with E-state index in [0.717, 1.165) is 11.0 Å². The Bertz CT molecular complexity index is 716. The second-order valence-corrected chi connectivity index (χ2v) is 5.20. The maximum Gasteiger partial charge on any atom is 0.142 e. The molecule has 2 heterocycles. The van der Waals surface area contributed by atoms with Crippen LogP contribution in [0.1, 0.15) is 24.1 Å². The highest BCUT2D eigenvalue weighted by Gasteiger charge is 2.13. The van der Waals surface area contributed by atoms with Crippen molar-refractivity contribution < 1.29 is 0 Å². The fraction of sp³-hybridized carbons (Fsp3) is 0.188. The highest BCUT2D eigenvalue weighted by atomic mass is 35.5. The molecule has 0 amide bonds. The summed E-state index contributed by atoms with van der Waals surface area (Å²) in [5, 5.41) is 1.69. The molecule has 2 aromatic heterocycles. The first-order valence-corrected chi connectivity index (χ1v) is 6.73. The molecule has 0 aliphatic heterocycles. The lowest BCUT2D eigenvalue weighted by Crippen LogP contribution is -2.06. The minimum absolute atomic E-state index is 0.239. The van der Waals surface area contributed by atoms with Crippen LogP contribution < -0.4 is 0 Å². The molecule has 19 heavy (non-hydrogen) atoms. The largest absolute Gasteiger partial charge is 0.325 e. The zero-order valence-electron chi connectivity index (χ0n) is 11.0. The molecule has 3 heteroatoms. The molecule has 3 rings (SSSR count). The molecule has 3 aromatic rings. The van der Waals surface area contributed by atoms with E-state index >= 15 is 0 Å². The van der Waals surface area contributed by atoms with Crippen molar-refractivity contribution in [3.8, 4) is 0 Å². The van der Waals surface area contributed by atoms with Crippen LogP contribution in [0.4, 0.5) is 0 Å². The van der Waals surface area contributed by atoms with E-state index in [9.17, 15) is 0 Å². The number of aromatic nitrogens is 2. The Morgan fingerprint density at radius 2 is 1.84 bits per heavy atom. The highest BCUT2D eigenvalue weighted by Crippen LogP contribution is 2.27. The van der Waals surface area contributed by atoms with E-state index in [1.165, 1.54) is 11.1 Å². The number of rotatable bonds is 2. The van der Waals surface area contributed by atoms with Crippen molar-refractivity contribution in [2.45, 2.75) is 19.9 Å². The molecule has 1 unspecified atom stereocenters. The molecule has 0 saturated carbocycles. The van der Waals surface area contributed by atoms with Crippen LogP contribution in [0.3, 0.4) is 0 Å². The lowest BCUT2D eigenvalue weighted by molar-refractivity contribution is 0.657. The van der Waals surface area contributed by atoms with Crippen LogP contribution in [-0.2, 0) is 0 Å². The van der Waals surface area contributed by atoms with Crippen molar-refractivity contribution in [1.29, 1.82) is 0 Å². The highest BCUT2D eigenvalue weighted by molar-refractivity contribution is 6.29. The Labute approximate surface area is 117 Å². The van der Waals surface area contributed by atoms with E-state index in [4.69, 9.17) is 11.6 Å². The second-order valence-electron chi connectivity index (χ2n) is 4.81. The number of hydrogen-bond acceptors (Lipinski definition) is 1. The van der Waals surface area contributed by atoms with E-state index in [1.54, 1.807) is 0 Å². The van der Waals surface area contributed by atoms with E-state index in [-0.39, 0.29) is 6.04 Å². The summed E-state index contributed by atoms with van der Waals surface area (Å²) in [6.45, 7) is 4.28. The smallest absolute Gasteiger partial charge is 0.142 e. The molecule has 2 nitrogen and oxygen atoms in total. The molecule has 96 valence electrons. The lowest BCUT2D eigenvalue weighted by atomic mass is 10.1. The minimum Gasteiger partial charge on any atom is -0.325 e. The Hall–Kier alpha value is -1.80. The zero-order chi connectivity index (χ0) is 13.4. The summed E-state index contributed by atoms with van der Waals surface area (Å²) in [4.78, 5) is 4.47. The molecule has 1 aromatic carbocycles. The lowest BCUT2D eigenvalue weighted by Gasteiger charge is -2.15. The van der Waals surface area contributed by atoms with Gasteiger partial charge in [0.15, 0.2) is 0 Å². The van der Waals surface area contributed by atoms with Gasteiger partial charge >= 0.3 is 0 Å². The van der Waals surface area contributed by atoms with Crippen molar-refractivity contribution in [2.75, 3.05) is 0 Å². The Kier molecular flexibility index (Phi) is 3.03. The monoisotopic (exact) mass is 270 g/mol. The zero-order valence-corrected chi connectivity index (χ0v) is 11.7. The van der Waals surface area contributed by atoms with E-state index < -0.39 is 0 Å². The summed E-state index contributed by atoms with van der Waals surface area (Å²) in [5.41, 5.74) is 3.43. The molecule has 0 N–H and O–H groups in total. The summed E-state index contributed by atoms with van der Waals surface area (Å²) in [5.74, 6) is 0. The summed E-state index contributed by atoms with van der Waals surface area (Å²) in [6, 6.07) is 14.5. The van der Waals surface area contributed by atoms with Crippen molar-refractivity contribution in [1.82, 2.24) is 9.55 Å². The van der Waals surface area contributed by atoms with Gasteiger partial charge in [0, 0.05) is 11.6 Å². The van der Waals surface area contributed by atoms with Gasteiger partial charge in [-0.25, -0.2) is 4.98 Å². The molecule has 0 aliphatic carbocycles. The van der Waals surface area contributed by atoms with Crippen molar-refractivity contribution >= 4 is 22.6 Å². The van der Waals surface area contributed by atoms with Crippen LogP contribution in [0.2, 0.25) is 5.15 Å². The van der Waals surface area contributed by atoms with E-state index in [2.05, 4.69) is 53.9 Å². The Balaban J connectivity index is 2.17. The summed E-state index contributed by atoms with van der Waals surface area (Å²) in [6.07, 6.45) is 2.14. The van der Waals surface area contributed by atoms with Gasteiger partial charge in [0.1, 0.15) is 10.8 Å². The Morgan fingerprint density at radius 3 is 2.58 bits per heavy atom. The van der Waals surface area contributed by atoms with Gasteiger partial charge in [0.25, 0.3) is 0 Å². The van der Waals surface area contributed by atoms with Gasteiger partial charge in [0.2, 0.25) is 0 Å². The third-order valence-corrected chi connectivity index (χ3v) is 3.75. The molecule has 0 spiro atoms. The predicted molar refractivity (Wildman–Crippen MR) is 79.7 cm³/mol. The maximum atomic E-state index is 6.03. The van der Waals surface area contributed by atoms with Gasteiger partial charge in [-0.3, -0.25) is 0 Å². The van der Waals surface area contributed by atoms with Crippen molar-refractivity contribution in [3.63, 3.8) is 0 Å². The molecule has 0 bridgehead atoms. The number of nitrogens with zero attached hydrogens (tertiary/aromatic N) is 2. The average Bonchev–Trinajstić information content (AvgIpc) is 2.75. The number of fused-ring (bicyclic) bond motifs is 1. The van der Waals surface area contributed by atoms with Crippen LogP contribution in [0.5, 0.6) is 0 Å². The van der Waals surface area contributed by atoms with Gasteiger partial charge in [-0.1, -0.05) is 41.9 Å². The van der Waals surface area contributed by atoms with Crippen LogP contribution in [0, 0.1) is 6.92 Å². The van der Waals surface area contributed by atoms with E-state index in [1.807, 2.05) is 18.2 Å². The number of pyridine rings is 1. The first-order chi connectivity index (χ1) is 9.16. The topological polar surface area (TPSA) is 17.8 Å². The molecule has 0 aliphatic rings. The maximum absolute atomic E-state index is 6.03. The third-order valence-electron chi connectivity index (χ3n) is 3.54. The molecule has 1 atom stereocenters. The quantitative estimate of drug-likeness (QED) is 0.622. The van der Waals surface area contributed by atoms with Crippen molar-refractivity contribution in [2.24, 2.45) is 0 Å². The van der Waals surface area contributed by atoms with Crippen LogP contribution >= 0.6 is 11.6 Å². The number of aryl methyl sites for hydroxylation is 1. The van der Waals surface area contributed by atoms with Crippen molar-refractivity contribution in [3.05, 3.63) is 64.9 Å². The fourth-order valence-electron chi connectivity index (χ4n) is 2.46. The van der Waals surface area contributed by atoms with Gasteiger partial charge in [-0.05, 0) is 37.1 Å². The molecule has 0 radical (unpaired) electrons. The van der Waals surface area contributed by atoms with Crippen LogP contribution in [-0.4, -0.2) is 9.55 Å². The first-order valence-electron chi connectivity index (χ1n) is 6.35. The second kappa shape index (κ2) is 4.71. The summed E-state index contributed by atoms with van der Waals surface area (Å²) < 4.78 is 2.19. The molecule has 0 saturated heterocycles. The number of hydrogen-bond donors (Lipinski definition) is 0. The van der Waals surface area contributed by atoms with E-state index in [0.29, 0.717) is 5.15 Å². The summed E-state index contributed by atoms with van der Waals surface area (Å²) >= 11 is 6.03. The molecule has 0 fully saturated rings. The molecular formula is C16H15ClN2. The SMILES string of the molecule is Cc1cn(C(C)c2ccccc2)c2nc(Cl)ccc12. The third kappa shape index (κ3) is 2.13. The van der Waals surface area contributed by atoms with Gasteiger partial charge < -0.3 is 4.57 Å². The molecular weight excluding hydrogens is 256 g/mol. The first kappa shape index (κ1) is 12.2. The van der Waals surface area contributed by atoms with Crippen LogP contribution in [0.25, 0.3) is 11.0 Å². The average molecular weight is 271 g/mol. The summed E-state index contributed by atoms with van der Waals surface area (Å²) in [7, 11) is 0. The number of halogens is 1. The fourth-order valence-corrected chi connectivity index (χ4v) is 2.60. The number of benzene rings is 1. The standard InChI is InChI=1S/C16H15ClN2/c1-11-10-19(12(2)13-6-4-3-5-7-13)16-14(11)8-9-15(17)18-16/h3-10,12H,1-2H3. The van der Waals surface area contributed by atoms with Crippen LogP contribution in [0.15, 0.2) is 48.7 Å². The predicted octanol–water partition coefficient (Wildman–Crippen LogP) is 4.61.